The van der Waals surface area contributed by atoms with Gasteiger partial charge in [0.05, 0.1) is 0 Å². The fourth-order valence-electron chi connectivity index (χ4n) is 2.83. The van der Waals surface area contributed by atoms with Crippen molar-refractivity contribution in [3.63, 3.8) is 0 Å². The van der Waals surface area contributed by atoms with Crippen molar-refractivity contribution in [3.8, 4) is 0 Å². The molecule has 0 amide bonds. The summed E-state index contributed by atoms with van der Waals surface area (Å²) in [6.45, 7) is 9.52. The molecule has 21 heavy (non-hydrogen) atoms. The maximum absolute atomic E-state index is 8.19. The highest BCUT2D eigenvalue weighted by molar-refractivity contribution is 5.99. The van der Waals surface area contributed by atoms with Gasteiger partial charge >= 0.3 is 0 Å². The summed E-state index contributed by atoms with van der Waals surface area (Å²) in [5.41, 5.74) is 7.07. The predicted octanol–water partition coefficient (Wildman–Crippen LogP) is 4.82. The average molecular weight is 282 g/mol. The first-order valence-electron chi connectivity index (χ1n) is 7.83. The van der Waals surface area contributed by atoms with Crippen LogP contribution in [0, 0.1) is 26.2 Å². The first-order chi connectivity index (χ1) is 10.0. The van der Waals surface area contributed by atoms with E-state index in [0.29, 0.717) is 0 Å². The standard InChI is InChI=1S/C19H26N2/c1-5-6-19(20)18-13-15(3)21(16(18)4)12-11-17-9-7-14(2)8-10-17/h7-10,13,20H,5-6,11-12H2,1-4H3. The number of nitrogens with zero attached hydrogens (tertiary/aromatic N) is 1. The molecular weight excluding hydrogens is 256 g/mol. The van der Waals surface area contributed by atoms with Crippen LogP contribution in [0.25, 0.3) is 0 Å². The van der Waals surface area contributed by atoms with E-state index in [9.17, 15) is 0 Å². The summed E-state index contributed by atoms with van der Waals surface area (Å²) >= 11 is 0. The lowest BCUT2D eigenvalue weighted by Gasteiger charge is -2.10. The van der Waals surface area contributed by atoms with E-state index in [4.69, 9.17) is 5.41 Å². The van der Waals surface area contributed by atoms with Crippen molar-refractivity contribution >= 4 is 5.71 Å². The molecule has 0 spiro atoms. The van der Waals surface area contributed by atoms with E-state index in [-0.39, 0.29) is 0 Å². The van der Waals surface area contributed by atoms with Crippen molar-refractivity contribution in [2.75, 3.05) is 0 Å². The number of rotatable bonds is 6. The van der Waals surface area contributed by atoms with Gasteiger partial charge in [0.25, 0.3) is 0 Å². The molecule has 1 heterocycles. The van der Waals surface area contributed by atoms with Crippen LogP contribution in [0.15, 0.2) is 30.3 Å². The smallest absolute Gasteiger partial charge is 0.0404 e. The first kappa shape index (κ1) is 15.6. The van der Waals surface area contributed by atoms with Gasteiger partial charge in [0.15, 0.2) is 0 Å². The topological polar surface area (TPSA) is 28.8 Å². The molecule has 0 atom stereocenters. The van der Waals surface area contributed by atoms with Crippen molar-refractivity contribution in [1.29, 1.82) is 5.41 Å². The Morgan fingerprint density at radius 3 is 2.38 bits per heavy atom. The minimum absolute atomic E-state index is 0.771. The van der Waals surface area contributed by atoms with Gasteiger partial charge in [0, 0.05) is 29.2 Å². The third kappa shape index (κ3) is 3.63. The lowest BCUT2D eigenvalue weighted by Crippen LogP contribution is -2.07. The molecule has 0 saturated heterocycles. The van der Waals surface area contributed by atoms with Gasteiger partial charge in [-0.1, -0.05) is 43.2 Å². The van der Waals surface area contributed by atoms with E-state index in [1.165, 1.54) is 22.5 Å². The van der Waals surface area contributed by atoms with Crippen LogP contribution in [-0.2, 0) is 13.0 Å². The van der Waals surface area contributed by atoms with Gasteiger partial charge in [0.2, 0.25) is 0 Å². The van der Waals surface area contributed by atoms with Crippen molar-refractivity contribution in [2.45, 2.75) is 53.5 Å². The second kappa shape index (κ2) is 6.75. The normalized spacial score (nSPS) is 10.9. The molecule has 1 N–H and O–H groups in total. The molecule has 0 fully saturated rings. The third-order valence-corrected chi connectivity index (χ3v) is 4.14. The van der Waals surface area contributed by atoms with Gasteiger partial charge in [-0.25, -0.2) is 0 Å². The molecule has 112 valence electrons. The van der Waals surface area contributed by atoms with Crippen LogP contribution in [-0.4, -0.2) is 10.3 Å². The number of benzene rings is 1. The zero-order valence-corrected chi connectivity index (χ0v) is 13.7. The molecule has 0 saturated carbocycles. The Kier molecular flexibility index (Phi) is 5.00. The molecule has 2 nitrogen and oxygen atoms in total. The highest BCUT2D eigenvalue weighted by atomic mass is 15.0. The van der Waals surface area contributed by atoms with Gasteiger partial charge in [-0.15, -0.1) is 0 Å². The van der Waals surface area contributed by atoms with Crippen LogP contribution in [0.5, 0.6) is 0 Å². The summed E-state index contributed by atoms with van der Waals surface area (Å²) < 4.78 is 2.35. The third-order valence-electron chi connectivity index (χ3n) is 4.14. The molecule has 2 aromatic rings. The van der Waals surface area contributed by atoms with Gasteiger partial charge < -0.3 is 9.98 Å². The second-order valence-corrected chi connectivity index (χ2v) is 5.90. The van der Waals surface area contributed by atoms with Gasteiger partial charge in [0.1, 0.15) is 0 Å². The number of hydrogen-bond acceptors (Lipinski definition) is 1. The van der Waals surface area contributed by atoms with Crippen LogP contribution in [0.3, 0.4) is 0 Å². The zero-order chi connectivity index (χ0) is 15.4. The number of aryl methyl sites for hydroxylation is 3. The maximum atomic E-state index is 8.19. The molecule has 0 unspecified atom stereocenters. The minimum atomic E-state index is 0.771. The Morgan fingerprint density at radius 2 is 1.76 bits per heavy atom. The fraction of sp³-hybridized carbons (Fsp3) is 0.421. The summed E-state index contributed by atoms with van der Waals surface area (Å²) in [6, 6.07) is 10.9. The van der Waals surface area contributed by atoms with E-state index < -0.39 is 0 Å². The Labute approximate surface area is 128 Å². The average Bonchev–Trinajstić information content (AvgIpc) is 2.74. The van der Waals surface area contributed by atoms with Gasteiger partial charge in [-0.05, 0) is 45.2 Å². The molecular formula is C19H26N2. The molecule has 0 aliphatic heterocycles. The molecule has 0 aliphatic carbocycles. The van der Waals surface area contributed by atoms with Crippen LogP contribution >= 0.6 is 0 Å². The predicted molar refractivity (Wildman–Crippen MR) is 90.5 cm³/mol. The van der Waals surface area contributed by atoms with E-state index in [1.54, 1.807) is 0 Å². The summed E-state index contributed by atoms with van der Waals surface area (Å²) in [4.78, 5) is 0. The number of nitrogens with one attached hydrogen (secondary N) is 1. The van der Waals surface area contributed by atoms with Crippen molar-refractivity contribution in [2.24, 2.45) is 0 Å². The molecule has 0 aliphatic rings. The lowest BCUT2D eigenvalue weighted by molar-refractivity contribution is 0.663. The van der Waals surface area contributed by atoms with Gasteiger partial charge in [-0.2, -0.15) is 0 Å². The maximum Gasteiger partial charge on any atom is 0.0404 e. The monoisotopic (exact) mass is 282 g/mol. The van der Waals surface area contributed by atoms with E-state index in [1.807, 2.05) is 0 Å². The second-order valence-electron chi connectivity index (χ2n) is 5.90. The Bertz CT molecular complexity index is 618. The van der Waals surface area contributed by atoms with Crippen molar-refractivity contribution < 1.29 is 0 Å². The summed E-state index contributed by atoms with van der Waals surface area (Å²) in [7, 11) is 0. The van der Waals surface area contributed by atoms with Crippen LogP contribution in [0.2, 0.25) is 0 Å². The van der Waals surface area contributed by atoms with Crippen LogP contribution in [0.4, 0.5) is 0 Å². The molecule has 2 rings (SSSR count). The summed E-state index contributed by atoms with van der Waals surface area (Å²) in [5, 5.41) is 8.19. The fourth-order valence-corrected chi connectivity index (χ4v) is 2.83. The quantitative estimate of drug-likeness (QED) is 0.736. The summed E-state index contributed by atoms with van der Waals surface area (Å²) in [6.07, 6.45) is 2.94. The largest absolute Gasteiger partial charge is 0.348 e. The van der Waals surface area contributed by atoms with E-state index >= 15 is 0 Å². The Balaban J connectivity index is 2.13. The van der Waals surface area contributed by atoms with E-state index in [2.05, 4.69) is 62.6 Å². The number of aromatic nitrogens is 1. The molecule has 1 aromatic heterocycles. The highest BCUT2D eigenvalue weighted by Gasteiger charge is 2.12. The highest BCUT2D eigenvalue weighted by Crippen LogP contribution is 2.18. The molecule has 2 heteroatoms. The van der Waals surface area contributed by atoms with E-state index in [0.717, 1.165) is 37.1 Å². The van der Waals surface area contributed by atoms with Crippen LogP contribution < -0.4 is 0 Å². The first-order valence-corrected chi connectivity index (χ1v) is 7.83. The molecule has 0 radical (unpaired) electrons. The van der Waals surface area contributed by atoms with Gasteiger partial charge in [-0.3, -0.25) is 0 Å². The zero-order valence-electron chi connectivity index (χ0n) is 13.7. The Hall–Kier alpha value is -1.83. The van der Waals surface area contributed by atoms with Crippen molar-refractivity contribution in [3.05, 3.63) is 58.4 Å². The van der Waals surface area contributed by atoms with Crippen LogP contribution in [0.1, 0.15) is 47.8 Å². The summed E-state index contributed by atoms with van der Waals surface area (Å²) in [5.74, 6) is 0. The lowest BCUT2D eigenvalue weighted by atomic mass is 10.1. The SMILES string of the molecule is CCCC(=N)c1cc(C)n(CCc2ccc(C)cc2)c1C. The minimum Gasteiger partial charge on any atom is -0.348 e. The molecule has 1 aromatic carbocycles. The molecule has 0 bridgehead atoms. The number of hydrogen-bond donors (Lipinski definition) is 1. The van der Waals surface area contributed by atoms with Crippen molar-refractivity contribution in [1.82, 2.24) is 4.57 Å². The Morgan fingerprint density at radius 1 is 1.10 bits per heavy atom.